The topological polar surface area (TPSA) is 255 Å². The molecule has 0 atom stereocenters. The summed E-state index contributed by atoms with van der Waals surface area (Å²) in [6.45, 7) is 0.317. The summed E-state index contributed by atoms with van der Waals surface area (Å²) in [6.07, 6.45) is 0.390. The fraction of sp³-hybridized carbons (Fsp3) is 0.250. The largest absolute Gasteiger partial charge is 0.491 e. The molecule has 0 heterocycles. The molecule has 0 radical (unpaired) electrons. The monoisotopic (exact) mass is 646 g/mol. The van der Waals surface area contributed by atoms with E-state index < -0.39 is 30.8 Å². The van der Waals surface area contributed by atoms with E-state index in [1.165, 1.54) is 0 Å². The third-order valence-corrected chi connectivity index (χ3v) is 6.17. The van der Waals surface area contributed by atoms with E-state index in [0.29, 0.717) is 28.6 Å². The van der Waals surface area contributed by atoms with Gasteiger partial charge >= 0.3 is 10.6 Å². The Balaban J connectivity index is 0.000000399. The first-order valence-electron chi connectivity index (χ1n) is 11.8. The fourth-order valence-corrected chi connectivity index (χ4v) is 3.74. The number of azo groups is 1. The van der Waals surface area contributed by atoms with E-state index in [9.17, 15) is 16.8 Å². The second kappa shape index (κ2) is 18.4. The highest BCUT2D eigenvalue weighted by atomic mass is 32.2. The zero-order valence-corrected chi connectivity index (χ0v) is 24.5. The molecule has 0 aliphatic heterocycles. The Hall–Kier alpha value is -4.10. The number of para-hydroxylation sites is 2. The van der Waals surface area contributed by atoms with Crippen LogP contribution in [0, 0.1) is 0 Å². The lowest BCUT2D eigenvalue weighted by Crippen LogP contribution is -2.09. The molecule has 0 bridgehead atoms. The van der Waals surface area contributed by atoms with E-state index in [4.69, 9.17) is 42.7 Å². The van der Waals surface area contributed by atoms with Gasteiger partial charge in [-0.1, -0.05) is 30.3 Å². The number of rotatable bonds is 12. The molecule has 18 heteroatoms. The molecule has 0 aliphatic rings. The lowest BCUT2D eigenvalue weighted by atomic mass is 10.2. The molecule has 3 rings (SSSR count). The normalized spacial score (nSPS) is 11.0. The molecule has 0 fully saturated rings. The zero-order valence-electron chi connectivity index (χ0n) is 22.0. The second-order valence-corrected chi connectivity index (χ2v) is 11.5. The number of nitrogens with zero attached hydrogens (tertiary/aromatic N) is 2. The highest BCUT2D eigenvalue weighted by Gasteiger charge is 2.07. The molecular formula is C24H30N4O11S3. The minimum Gasteiger partial charge on any atom is -0.491 e. The summed E-state index contributed by atoms with van der Waals surface area (Å²) < 4.78 is 95.1. The summed E-state index contributed by atoms with van der Waals surface area (Å²) in [5, 5.41) is 8.19. The van der Waals surface area contributed by atoms with Gasteiger partial charge in [0.05, 0.1) is 47.5 Å². The fourth-order valence-electron chi connectivity index (χ4n) is 2.78. The van der Waals surface area contributed by atoms with Crippen molar-refractivity contribution in [3.05, 3.63) is 72.8 Å². The molecule has 0 saturated heterocycles. The number of benzene rings is 3. The Bertz CT molecular complexity index is 1610. The van der Waals surface area contributed by atoms with E-state index >= 15 is 0 Å². The van der Waals surface area contributed by atoms with E-state index in [2.05, 4.69) is 10.2 Å². The first kappa shape index (κ1) is 35.9. The Morgan fingerprint density at radius 2 is 1.10 bits per heavy atom. The lowest BCUT2D eigenvalue weighted by Gasteiger charge is -2.08. The quantitative estimate of drug-likeness (QED) is 0.0954. The summed E-state index contributed by atoms with van der Waals surface area (Å²) in [7, 11) is -11.0. The zero-order chi connectivity index (χ0) is 31.6. The van der Waals surface area contributed by atoms with Gasteiger partial charge in [0.1, 0.15) is 11.5 Å². The maximum Gasteiger partial charge on any atom is 0.425 e. The number of ether oxygens (including phenoxy) is 2. The summed E-state index contributed by atoms with van der Waals surface area (Å²) in [4.78, 5) is 0. The van der Waals surface area contributed by atoms with Gasteiger partial charge in [-0.2, -0.15) is 27.1 Å². The average molecular weight is 647 g/mol. The lowest BCUT2D eigenvalue weighted by molar-refractivity contribution is 0.317. The van der Waals surface area contributed by atoms with Gasteiger partial charge in [-0.25, -0.2) is 0 Å². The minimum absolute atomic E-state index is 0.114. The molecular weight excluding hydrogens is 616 g/mol. The van der Waals surface area contributed by atoms with Gasteiger partial charge in [0.25, 0.3) is 20.2 Å². The molecule has 0 aliphatic carbocycles. The summed E-state index contributed by atoms with van der Waals surface area (Å²) in [5.74, 6) is 0.248. The summed E-state index contributed by atoms with van der Waals surface area (Å²) >= 11 is 0. The standard InChI is InChI=1S/C15H17N3O4S.C9H13NO4S.O3S/c16-14-8-7-13(18-17-12-5-2-1-3-6-12)11-15(14)22-9-4-10-23(19,20)21;10-8-4-1-2-5-9(8)14-6-3-7-15(11,12)13;1-4(2)3/h1-3,5-8,11H,4,9-10,16H2,(H,19,20,21);1-2,4-5H,3,6-7,10H2,(H,11,12,13);. The SMILES string of the molecule is Nc1ccc(N=Nc2ccccc2)cc1OCCCS(=O)(=O)O.Nc1ccccc1OCCCS(=O)(=O)O.O=S(=O)=O. The smallest absolute Gasteiger partial charge is 0.425 e. The molecule has 3 aromatic rings. The van der Waals surface area contributed by atoms with Crippen molar-refractivity contribution in [3.63, 3.8) is 0 Å². The van der Waals surface area contributed by atoms with Crippen molar-refractivity contribution >= 4 is 53.6 Å². The van der Waals surface area contributed by atoms with Crippen LogP contribution in [0.1, 0.15) is 12.8 Å². The predicted octanol–water partition coefficient (Wildman–Crippen LogP) is 3.26. The van der Waals surface area contributed by atoms with Crippen LogP contribution < -0.4 is 20.9 Å². The van der Waals surface area contributed by atoms with Crippen molar-refractivity contribution < 1.29 is 48.0 Å². The highest BCUT2D eigenvalue weighted by molar-refractivity contribution is 7.86. The first-order chi connectivity index (χ1) is 19.7. The predicted molar refractivity (Wildman–Crippen MR) is 155 cm³/mol. The third kappa shape index (κ3) is 18.3. The van der Waals surface area contributed by atoms with E-state index in [0.717, 1.165) is 5.69 Å². The maximum absolute atomic E-state index is 10.6. The highest BCUT2D eigenvalue weighted by Crippen LogP contribution is 2.28. The van der Waals surface area contributed by atoms with Gasteiger partial charge in [-0.05, 0) is 49.2 Å². The third-order valence-electron chi connectivity index (χ3n) is 4.56. The molecule has 3 aromatic carbocycles. The molecule has 0 aromatic heterocycles. The van der Waals surface area contributed by atoms with Crippen LogP contribution in [0.15, 0.2) is 83.0 Å². The van der Waals surface area contributed by atoms with Crippen molar-refractivity contribution in [1.29, 1.82) is 0 Å². The van der Waals surface area contributed by atoms with E-state index in [-0.39, 0.29) is 37.6 Å². The van der Waals surface area contributed by atoms with Gasteiger partial charge in [-0.15, -0.1) is 12.6 Å². The summed E-state index contributed by atoms with van der Waals surface area (Å²) in [6, 6.07) is 21.2. The van der Waals surface area contributed by atoms with Crippen molar-refractivity contribution in [2.45, 2.75) is 12.8 Å². The van der Waals surface area contributed by atoms with Crippen LogP contribution in [0.5, 0.6) is 11.5 Å². The van der Waals surface area contributed by atoms with E-state index in [1.54, 1.807) is 42.5 Å². The van der Waals surface area contributed by atoms with Gasteiger partial charge < -0.3 is 20.9 Å². The van der Waals surface area contributed by atoms with Gasteiger partial charge in [-0.3, -0.25) is 9.11 Å². The van der Waals surface area contributed by atoms with Crippen LogP contribution in [0.25, 0.3) is 0 Å². The van der Waals surface area contributed by atoms with Crippen molar-refractivity contribution in [2.24, 2.45) is 10.2 Å². The molecule has 0 saturated carbocycles. The minimum atomic E-state index is -3.98. The average Bonchev–Trinajstić information content (AvgIpc) is 2.90. The van der Waals surface area contributed by atoms with Crippen molar-refractivity contribution in [2.75, 3.05) is 36.2 Å². The molecule has 42 heavy (non-hydrogen) atoms. The first-order valence-corrected chi connectivity index (χ1v) is 16.0. The van der Waals surface area contributed by atoms with E-state index in [1.807, 2.05) is 30.3 Å². The van der Waals surface area contributed by atoms with Gasteiger partial charge in [0, 0.05) is 6.07 Å². The Morgan fingerprint density at radius 1 is 0.643 bits per heavy atom. The van der Waals surface area contributed by atoms with Gasteiger partial charge in [0.15, 0.2) is 0 Å². The summed E-state index contributed by atoms with van der Waals surface area (Å²) in [5.41, 5.74) is 13.6. The van der Waals surface area contributed by atoms with Crippen LogP contribution in [-0.4, -0.2) is 63.3 Å². The molecule has 230 valence electrons. The number of nitrogen functional groups attached to an aromatic ring is 2. The Kier molecular flexibility index (Phi) is 15.7. The Morgan fingerprint density at radius 3 is 1.62 bits per heavy atom. The molecule has 15 nitrogen and oxygen atoms in total. The van der Waals surface area contributed by atoms with Crippen LogP contribution in [0.4, 0.5) is 22.7 Å². The molecule has 6 N–H and O–H groups in total. The van der Waals surface area contributed by atoms with Crippen LogP contribution in [0.3, 0.4) is 0 Å². The number of anilines is 2. The van der Waals surface area contributed by atoms with Gasteiger partial charge in [0.2, 0.25) is 0 Å². The van der Waals surface area contributed by atoms with Crippen LogP contribution >= 0.6 is 0 Å². The van der Waals surface area contributed by atoms with Crippen molar-refractivity contribution in [3.8, 4) is 11.5 Å². The molecule has 0 unspecified atom stereocenters. The van der Waals surface area contributed by atoms with Crippen LogP contribution in [0.2, 0.25) is 0 Å². The number of nitrogens with two attached hydrogens (primary N) is 2. The van der Waals surface area contributed by atoms with Crippen LogP contribution in [-0.2, 0) is 30.8 Å². The molecule has 0 amide bonds. The number of hydrogen-bond acceptors (Lipinski definition) is 13. The second-order valence-electron chi connectivity index (χ2n) is 7.98. The Labute approximate surface area is 244 Å². The molecule has 0 spiro atoms. The van der Waals surface area contributed by atoms with Crippen molar-refractivity contribution in [1.82, 2.24) is 0 Å². The number of hydrogen-bond donors (Lipinski definition) is 4. The maximum atomic E-state index is 10.6.